The summed E-state index contributed by atoms with van der Waals surface area (Å²) >= 11 is 0. The van der Waals surface area contributed by atoms with Gasteiger partial charge >= 0.3 is 5.97 Å². The molecule has 0 unspecified atom stereocenters. The van der Waals surface area contributed by atoms with Crippen LogP contribution in [0.5, 0.6) is 0 Å². The molecule has 0 amide bonds. The summed E-state index contributed by atoms with van der Waals surface area (Å²) in [6.07, 6.45) is 0.844. The van der Waals surface area contributed by atoms with Crippen molar-refractivity contribution in [3.63, 3.8) is 0 Å². The first-order valence-electron chi connectivity index (χ1n) is 5.84. The van der Waals surface area contributed by atoms with Crippen molar-refractivity contribution in [3.8, 4) is 0 Å². The summed E-state index contributed by atoms with van der Waals surface area (Å²) in [5.41, 5.74) is 1.06. The van der Waals surface area contributed by atoms with Crippen molar-refractivity contribution in [2.75, 3.05) is 19.8 Å². The van der Waals surface area contributed by atoms with Crippen LogP contribution in [0.25, 0.3) is 0 Å². The van der Waals surface area contributed by atoms with Gasteiger partial charge < -0.3 is 9.84 Å². The molecule has 2 N–H and O–H groups in total. The summed E-state index contributed by atoms with van der Waals surface area (Å²) in [6.45, 7) is 1.60. The first-order valence-corrected chi connectivity index (χ1v) is 7.32. The van der Waals surface area contributed by atoms with E-state index in [-0.39, 0.29) is 18.0 Å². The number of nitrogens with one attached hydrogen (secondary N) is 1. The molecule has 0 saturated carbocycles. The molecular formula is C12H17NO5S. The molecule has 0 saturated heterocycles. The highest BCUT2D eigenvalue weighted by Crippen LogP contribution is 2.10. The van der Waals surface area contributed by atoms with Crippen LogP contribution in [-0.4, -0.2) is 39.3 Å². The third-order valence-electron chi connectivity index (χ3n) is 2.41. The minimum absolute atomic E-state index is 0.0125. The van der Waals surface area contributed by atoms with Gasteiger partial charge in [0, 0.05) is 6.54 Å². The van der Waals surface area contributed by atoms with Crippen molar-refractivity contribution in [2.45, 2.75) is 18.2 Å². The number of hydrogen-bond donors (Lipinski definition) is 2. The smallest absolute Gasteiger partial charge is 0.329 e. The Balaban J connectivity index is 2.48. The van der Waals surface area contributed by atoms with Gasteiger partial charge in [0.05, 0.1) is 11.5 Å². The lowest BCUT2D eigenvalue weighted by Gasteiger charge is -2.07. The molecule has 0 heterocycles. The fourth-order valence-electron chi connectivity index (χ4n) is 1.40. The lowest BCUT2D eigenvalue weighted by Crippen LogP contribution is -2.28. The number of hydrogen-bond acceptors (Lipinski definition) is 4. The number of sulfonamides is 1. The Hall–Kier alpha value is -1.44. The van der Waals surface area contributed by atoms with Crippen LogP contribution < -0.4 is 4.72 Å². The number of benzene rings is 1. The number of carboxylic acids is 1. The molecule has 0 aliphatic rings. The van der Waals surface area contributed by atoms with E-state index in [9.17, 15) is 13.2 Å². The highest BCUT2D eigenvalue weighted by Gasteiger charge is 2.12. The standard InChI is InChI=1S/C12H17NO5S/c1-2-10-3-5-11(6-4-10)19(16,17)13-7-8-18-9-12(14)15/h3-6,13H,2,7-9H2,1H3,(H,14,15). The van der Waals surface area contributed by atoms with E-state index in [4.69, 9.17) is 9.84 Å². The topological polar surface area (TPSA) is 92.7 Å². The van der Waals surface area contributed by atoms with Gasteiger partial charge in [-0.15, -0.1) is 0 Å². The zero-order chi connectivity index (χ0) is 14.3. The van der Waals surface area contributed by atoms with E-state index >= 15 is 0 Å². The Bertz CT molecular complexity index is 509. The monoisotopic (exact) mass is 287 g/mol. The zero-order valence-electron chi connectivity index (χ0n) is 10.6. The predicted octanol–water partition coefficient (Wildman–Crippen LogP) is 0.628. The van der Waals surface area contributed by atoms with Crippen molar-refractivity contribution >= 4 is 16.0 Å². The van der Waals surface area contributed by atoms with Crippen LogP contribution in [0.15, 0.2) is 29.2 Å². The van der Waals surface area contributed by atoms with Gasteiger partial charge in [0.15, 0.2) is 0 Å². The van der Waals surface area contributed by atoms with Gasteiger partial charge in [0.25, 0.3) is 0 Å². The second-order valence-corrected chi connectivity index (χ2v) is 5.61. The number of carbonyl (C=O) groups is 1. The Morgan fingerprint density at radius 3 is 2.47 bits per heavy atom. The van der Waals surface area contributed by atoms with Crippen LogP contribution >= 0.6 is 0 Å². The number of ether oxygens (including phenoxy) is 1. The molecule has 0 spiro atoms. The average molecular weight is 287 g/mol. The Morgan fingerprint density at radius 2 is 1.95 bits per heavy atom. The van der Waals surface area contributed by atoms with Crippen molar-refractivity contribution < 1.29 is 23.1 Å². The molecule has 0 fully saturated rings. The molecule has 1 aromatic rings. The van der Waals surface area contributed by atoms with Crippen LogP contribution in [0.1, 0.15) is 12.5 Å². The van der Waals surface area contributed by atoms with Crippen LogP contribution in [0.3, 0.4) is 0 Å². The molecule has 1 rings (SSSR count). The molecule has 7 heteroatoms. The van der Waals surface area contributed by atoms with Crippen LogP contribution in [0.4, 0.5) is 0 Å². The van der Waals surface area contributed by atoms with Crippen molar-refractivity contribution in [2.24, 2.45) is 0 Å². The number of carboxylic acid groups (broad SMARTS) is 1. The van der Waals surface area contributed by atoms with Gasteiger partial charge in [-0.2, -0.15) is 0 Å². The molecule has 106 valence electrons. The number of aryl methyl sites for hydroxylation is 1. The van der Waals surface area contributed by atoms with Crippen LogP contribution in [-0.2, 0) is 26.0 Å². The summed E-state index contributed by atoms with van der Waals surface area (Å²) < 4.78 is 30.8. The molecule has 0 atom stereocenters. The quantitative estimate of drug-likeness (QED) is 0.684. The second kappa shape index (κ2) is 7.22. The van der Waals surface area contributed by atoms with E-state index < -0.39 is 22.6 Å². The fourth-order valence-corrected chi connectivity index (χ4v) is 2.41. The van der Waals surface area contributed by atoms with E-state index in [0.29, 0.717) is 0 Å². The van der Waals surface area contributed by atoms with Gasteiger partial charge in [0.1, 0.15) is 6.61 Å². The molecule has 0 aliphatic heterocycles. The normalized spacial score (nSPS) is 11.4. The third kappa shape index (κ3) is 5.37. The summed E-state index contributed by atoms with van der Waals surface area (Å²) in [7, 11) is -3.56. The molecule has 0 bridgehead atoms. The van der Waals surface area contributed by atoms with Gasteiger partial charge in [-0.25, -0.2) is 17.9 Å². The van der Waals surface area contributed by atoms with Gasteiger partial charge in [0.2, 0.25) is 10.0 Å². The molecular weight excluding hydrogens is 270 g/mol. The van der Waals surface area contributed by atoms with Crippen molar-refractivity contribution in [1.82, 2.24) is 4.72 Å². The third-order valence-corrected chi connectivity index (χ3v) is 3.88. The van der Waals surface area contributed by atoms with Gasteiger partial charge in [-0.1, -0.05) is 19.1 Å². The van der Waals surface area contributed by atoms with Crippen molar-refractivity contribution in [1.29, 1.82) is 0 Å². The Labute approximate surface area is 112 Å². The lowest BCUT2D eigenvalue weighted by molar-refractivity contribution is -0.142. The largest absolute Gasteiger partial charge is 0.480 e. The van der Waals surface area contributed by atoms with E-state index in [1.54, 1.807) is 24.3 Å². The molecule has 19 heavy (non-hydrogen) atoms. The Morgan fingerprint density at radius 1 is 1.32 bits per heavy atom. The highest BCUT2D eigenvalue weighted by atomic mass is 32.2. The number of rotatable bonds is 8. The molecule has 1 aromatic carbocycles. The van der Waals surface area contributed by atoms with Crippen molar-refractivity contribution in [3.05, 3.63) is 29.8 Å². The highest BCUT2D eigenvalue weighted by molar-refractivity contribution is 7.89. The summed E-state index contributed by atoms with van der Waals surface area (Å²) in [4.78, 5) is 10.4. The SMILES string of the molecule is CCc1ccc(S(=O)(=O)NCCOCC(=O)O)cc1. The summed E-state index contributed by atoms with van der Waals surface area (Å²) in [6, 6.07) is 6.60. The van der Waals surface area contributed by atoms with Crippen LogP contribution in [0.2, 0.25) is 0 Å². The maximum Gasteiger partial charge on any atom is 0.329 e. The van der Waals surface area contributed by atoms with Gasteiger partial charge in [-0.3, -0.25) is 0 Å². The van der Waals surface area contributed by atoms with E-state index in [1.807, 2.05) is 6.92 Å². The minimum atomic E-state index is -3.56. The predicted molar refractivity (Wildman–Crippen MR) is 69.5 cm³/mol. The van der Waals surface area contributed by atoms with Gasteiger partial charge in [-0.05, 0) is 24.1 Å². The number of aliphatic carboxylic acids is 1. The summed E-state index contributed by atoms with van der Waals surface area (Å²) in [5, 5.41) is 8.34. The maximum atomic E-state index is 11.8. The Kier molecular flexibility index (Phi) is 5.94. The average Bonchev–Trinajstić information content (AvgIpc) is 2.38. The van der Waals surface area contributed by atoms with E-state index in [0.717, 1.165) is 12.0 Å². The summed E-state index contributed by atoms with van der Waals surface area (Å²) in [5.74, 6) is -1.09. The van der Waals surface area contributed by atoms with Crippen LogP contribution in [0, 0.1) is 0 Å². The minimum Gasteiger partial charge on any atom is -0.480 e. The second-order valence-electron chi connectivity index (χ2n) is 3.84. The molecule has 0 aromatic heterocycles. The fraction of sp³-hybridized carbons (Fsp3) is 0.417. The molecule has 0 aliphatic carbocycles. The molecule has 0 radical (unpaired) electrons. The first-order chi connectivity index (χ1) is 8.95. The molecule has 6 nitrogen and oxygen atoms in total. The zero-order valence-corrected chi connectivity index (χ0v) is 11.4. The first kappa shape index (κ1) is 15.6. The van der Waals surface area contributed by atoms with E-state index in [1.165, 1.54) is 0 Å². The lowest BCUT2D eigenvalue weighted by atomic mass is 10.2. The maximum absolute atomic E-state index is 11.8. The van der Waals surface area contributed by atoms with E-state index in [2.05, 4.69) is 4.72 Å².